The monoisotopic (exact) mass is 145 g/mol. The van der Waals surface area contributed by atoms with Crippen LogP contribution >= 0.6 is 0 Å². The lowest BCUT2D eigenvalue weighted by Crippen LogP contribution is -1.77. The summed E-state index contributed by atoms with van der Waals surface area (Å²) in [6.45, 7) is 1.89. The average Bonchev–Trinajstić information content (AvgIpc) is 2.07. The summed E-state index contributed by atoms with van der Waals surface area (Å²) in [4.78, 5) is 9.99. The molecule has 0 unspecified atom stereocenters. The van der Waals surface area contributed by atoms with Crippen molar-refractivity contribution in [3.8, 4) is 0 Å². The third-order valence-electron chi connectivity index (χ3n) is 1.50. The van der Waals surface area contributed by atoms with Crippen LogP contribution in [0.5, 0.6) is 0 Å². The molecule has 1 rings (SSSR count). The normalized spacial score (nSPS) is 11.2. The van der Waals surface area contributed by atoms with Gasteiger partial charge in [0.1, 0.15) is 0 Å². The first-order valence-corrected chi connectivity index (χ1v) is 3.44. The van der Waals surface area contributed by atoms with E-state index in [4.69, 9.17) is 0 Å². The molecule has 0 bridgehead atoms. The number of benzene rings is 1. The fourth-order valence-electron chi connectivity index (χ4n) is 0.873. The molecule has 1 radical (unpaired) electrons. The summed E-state index contributed by atoms with van der Waals surface area (Å²) < 4.78 is 0. The molecule has 0 saturated carbocycles. The van der Waals surface area contributed by atoms with Crippen LogP contribution in [0.15, 0.2) is 36.4 Å². The minimum atomic E-state index is 0.945. The van der Waals surface area contributed by atoms with Gasteiger partial charge >= 0.3 is 0 Å². The van der Waals surface area contributed by atoms with Crippen molar-refractivity contribution in [3.63, 3.8) is 0 Å². The van der Waals surface area contributed by atoms with Crippen molar-refractivity contribution in [3.05, 3.63) is 42.0 Å². The molecule has 0 spiro atoms. The quantitative estimate of drug-likeness (QED) is 0.583. The van der Waals surface area contributed by atoms with Crippen molar-refractivity contribution in [2.45, 2.75) is 6.92 Å². The van der Waals surface area contributed by atoms with Gasteiger partial charge in [-0.15, -0.1) is 0 Å². The van der Waals surface area contributed by atoms with Crippen molar-refractivity contribution in [2.75, 3.05) is 0 Å². The Morgan fingerprint density at radius 1 is 1.36 bits per heavy atom. The maximum atomic E-state index is 9.99. The van der Waals surface area contributed by atoms with Gasteiger partial charge in [-0.3, -0.25) is 4.79 Å². The van der Waals surface area contributed by atoms with Gasteiger partial charge in [0.2, 0.25) is 6.29 Å². The summed E-state index contributed by atoms with van der Waals surface area (Å²) in [5.41, 5.74) is 2.01. The molecule has 1 aromatic rings. The summed E-state index contributed by atoms with van der Waals surface area (Å²) in [6.07, 6.45) is 3.19. The van der Waals surface area contributed by atoms with E-state index in [1.165, 1.54) is 6.08 Å². The van der Waals surface area contributed by atoms with Gasteiger partial charge in [0.05, 0.1) is 0 Å². The molecule has 1 heteroatoms. The minimum absolute atomic E-state index is 0.945. The maximum absolute atomic E-state index is 9.99. The van der Waals surface area contributed by atoms with E-state index in [2.05, 4.69) is 0 Å². The van der Waals surface area contributed by atoms with Crippen molar-refractivity contribution >= 4 is 11.9 Å². The fraction of sp³-hybridized carbons (Fsp3) is 0.100. The molecule has 0 amide bonds. The van der Waals surface area contributed by atoms with E-state index < -0.39 is 0 Å². The molecule has 1 nitrogen and oxygen atoms in total. The zero-order valence-electron chi connectivity index (χ0n) is 6.37. The molecule has 0 aliphatic heterocycles. The van der Waals surface area contributed by atoms with Crippen LogP contribution in [0.25, 0.3) is 5.57 Å². The Labute approximate surface area is 66.4 Å². The topological polar surface area (TPSA) is 17.1 Å². The molecule has 11 heavy (non-hydrogen) atoms. The number of carbonyl (C=O) groups excluding carboxylic acids is 1. The van der Waals surface area contributed by atoms with Gasteiger partial charge in [0, 0.05) is 0 Å². The predicted molar refractivity (Wildman–Crippen MR) is 45.8 cm³/mol. The van der Waals surface area contributed by atoms with E-state index in [9.17, 15) is 4.79 Å². The van der Waals surface area contributed by atoms with Gasteiger partial charge in [-0.25, -0.2) is 0 Å². The fourth-order valence-corrected chi connectivity index (χ4v) is 0.873. The second kappa shape index (κ2) is 3.71. The Bertz CT molecular complexity index is 259. The number of hydrogen-bond donors (Lipinski definition) is 0. The smallest absolute Gasteiger partial charge is 0.225 e. The van der Waals surface area contributed by atoms with Crippen molar-refractivity contribution in [1.82, 2.24) is 0 Å². The van der Waals surface area contributed by atoms with Gasteiger partial charge < -0.3 is 0 Å². The molecule has 0 aliphatic rings. The highest BCUT2D eigenvalue weighted by molar-refractivity contribution is 5.80. The van der Waals surface area contributed by atoms with Crippen molar-refractivity contribution < 1.29 is 4.79 Å². The van der Waals surface area contributed by atoms with Crippen LogP contribution in [-0.4, -0.2) is 6.29 Å². The predicted octanol–water partition coefficient (Wildman–Crippen LogP) is 2.20. The second-order valence-electron chi connectivity index (χ2n) is 2.31. The summed E-state index contributed by atoms with van der Waals surface area (Å²) in [5.74, 6) is 0. The molecular weight excluding hydrogens is 136 g/mol. The highest BCUT2D eigenvalue weighted by Crippen LogP contribution is 2.10. The van der Waals surface area contributed by atoms with Crippen LogP contribution in [0.3, 0.4) is 0 Å². The van der Waals surface area contributed by atoms with Crippen LogP contribution < -0.4 is 0 Å². The molecule has 0 aliphatic carbocycles. The van der Waals surface area contributed by atoms with E-state index in [1.54, 1.807) is 6.29 Å². The third-order valence-corrected chi connectivity index (χ3v) is 1.50. The molecule has 0 saturated heterocycles. The van der Waals surface area contributed by atoms with Crippen LogP contribution in [0.4, 0.5) is 0 Å². The summed E-state index contributed by atoms with van der Waals surface area (Å²) in [7, 11) is 0. The average molecular weight is 145 g/mol. The molecule has 55 valence electrons. The number of rotatable bonds is 2. The first-order chi connectivity index (χ1) is 5.34. The van der Waals surface area contributed by atoms with E-state index >= 15 is 0 Å². The van der Waals surface area contributed by atoms with Gasteiger partial charge in [0.25, 0.3) is 0 Å². The zero-order chi connectivity index (χ0) is 8.10. The van der Waals surface area contributed by atoms with Crippen LogP contribution in [-0.2, 0) is 4.79 Å². The Hall–Kier alpha value is -1.37. The summed E-state index contributed by atoms with van der Waals surface area (Å²) in [6, 6.07) is 9.75. The van der Waals surface area contributed by atoms with Gasteiger partial charge in [-0.1, -0.05) is 30.3 Å². The molecule has 0 fully saturated rings. The van der Waals surface area contributed by atoms with Gasteiger partial charge in [-0.2, -0.15) is 0 Å². The molecule has 1 aromatic carbocycles. The van der Waals surface area contributed by atoms with Crippen molar-refractivity contribution in [2.24, 2.45) is 0 Å². The van der Waals surface area contributed by atoms with Crippen LogP contribution in [0, 0.1) is 0 Å². The second-order valence-corrected chi connectivity index (χ2v) is 2.31. The minimum Gasteiger partial charge on any atom is -0.286 e. The lowest BCUT2D eigenvalue weighted by Gasteiger charge is -1.96. The summed E-state index contributed by atoms with van der Waals surface area (Å²) in [5, 5.41) is 0. The first kappa shape index (κ1) is 7.73. The molecule has 0 aromatic heterocycles. The third kappa shape index (κ3) is 2.04. The number of allylic oxidation sites excluding steroid dienone is 2. The molecule has 0 N–H and O–H groups in total. The molecule has 0 atom stereocenters. The van der Waals surface area contributed by atoms with E-state index in [-0.39, 0.29) is 0 Å². The summed E-state index contributed by atoms with van der Waals surface area (Å²) >= 11 is 0. The zero-order valence-corrected chi connectivity index (χ0v) is 6.37. The Morgan fingerprint density at radius 2 is 2.00 bits per heavy atom. The molecular formula is C10H9O. The van der Waals surface area contributed by atoms with Gasteiger partial charge in [-0.05, 0) is 24.1 Å². The Kier molecular flexibility index (Phi) is 2.61. The lowest BCUT2D eigenvalue weighted by molar-refractivity contribution is 0.564. The largest absolute Gasteiger partial charge is 0.286 e. The SMILES string of the molecule is CC(=C[C]=O)c1ccccc1. The van der Waals surface area contributed by atoms with E-state index in [0.29, 0.717) is 0 Å². The standard InChI is InChI=1S/C10H9O/c1-9(7-8-11)10-5-3-2-4-6-10/h2-7H,1H3. The van der Waals surface area contributed by atoms with Crippen LogP contribution in [0.2, 0.25) is 0 Å². The Morgan fingerprint density at radius 3 is 2.55 bits per heavy atom. The van der Waals surface area contributed by atoms with Crippen molar-refractivity contribution in [1.29, 1.82) is 0 Å². The maximum Gasteiger partial charge on any atom is 0.225 e. The first-order valence-electron chi connectivity index (χ1n) is 3.44. The Balaban J connectivity index is 2.94. The number of hydrogen-bond acceptors (Lipinski definition) is 1. The highest BCUT2D eigenvalue weighted by atomic mass is 16.1. The lowest BCUT2D eigenvalue weighted by atomic mass is 10.1. The molecule has 0 heterocycles. The van der Waals surface area contributed by atoms with E-state index in [0.717, 1.165) is 11.1 Å². The van der Waals surface area contributed by atoms with Crippen LogP contribution in [0.1, 0.15) is 12.5 Å². The van der Waals surface area contributed by atoms with E-state index in [1.807, 2.05) is 37.3 Å². The highest BCUT2D eigenvalue weighted by Gasteiger charge is 1.90. The van der Waals surface area contributed by atoms with Gasteiger partial charge in [0.15, 0.2) is 0 Å².